The normalized spacial score (nSPS) is 12.3. The van der Waals surface area contributed by atoms with E-state index in [4.69, 9.17) is 4.74 Å². The third-order valence-corrected chi connectivity index (χ3v) is 9.10. The summed E-state index contributed by atoms with van der Waals surface area (Å²) in [5, 5.41) is 6.44. The van der Waals surface area contributed by atoms with E-state index in [-0.39, 0.29) is 5.91 Å². The number of benzene rings is 5. The Balaban J connectivity index is 1.46. The fourth-order valence-electron chi connectivity index (χ4n) is 4.66. The summed E-state index contributed by atoms with van der Waals surface area (Å²) in [6.45, 7) is 1.87. The van der Waals surface area contributed by atoms with E-state index in [9.17, 15) is 9.59 Å². The third kappa shape index (κ3) is 6.36. The van der Waals surface area contributed by atoms with Crippen molar-refractivity contribution in [3.63, 3.8) is 0 Å². The molecule has 0 aromatic heterocycles. The van der Waals surface area contributed by atoms with Crippen molar-refractivity contribution in [1.82, 2.24) is 5.32 Å². The number of ether oxygens (including phenoxy) is 1. The van der Waals surface area contributed by atoms with Crippen molar-refractivity contribution in [2.24, 2.45) is 0 Å². The molecule has 40 heavy (non-hydrogen) atoms. The summed E-state index contributed by atoms with van der Waals surface area (Å²) in [7, 11) is -0.974. The Hall–Kier alpha value is -4.53. The minimum Gasteiger partial charge on any atom is -0.452 e. The SMILES string of the molecule is C[C@H](NC(=O)c1ccccc1P(c1ccccc1)c1ccccc1)[C@H](OC(=O)c1ccccc1)c1ccccc1. The van der Waals surface area contributed by atoms with Crippen LogP contribution in [-0.2, 0) is 4.74 Å². The highest BCUT2D eigenvalue weighted by molar-refractivity contribution is 7.80. The molecule has 5 aromatic rings. The molecule has 1 N–H and O–H groups in total. The molecular weight excluding hydrogens is 513 g/mol. The molecule has 0 aliphatic rings. The van der Waals surface area contributed by atoms with Crippen LogP contribution in [0.3, 0.4) is 0 Å². The van der Waals surface area contributed by atoms with Gasteiger partial charge in [0.1, 0.15) is 6.10 Å². The van der Waals surface area contributed by atoms with E-state index in [0.717, 1.165) is 21.5 Å². The molecule has 0 aliphatic carbocycles. The van der Waals surface area contributed by atoms with Gasteiger partial charge in [0.25, 0.3) is 5.91 Å². The van der Waals surface area contributed by atoms with Crippen LogP contribution >= 0.6 is 7.92 Å². The van der Waals surface area contributed by atoms with Gasteiger partial charge in [-0.1, -0.05) is 127 Å². The van der Waals surface area contributed by atoms with Crippen LogP contribution in [0.4, 0.5) is 0 Å². The van der Waals surface area contributed by atoms with Gasteiger partial charge < -0.3 is 10.1 Å². The fraction of sp³-hybridized carbons (Fsp3) is 0.0857. The van der Waals surface area contributed by atoms with E-state index < -0.39 is 26.0 Å². The second-order valence-electron chi connectivity index (χ2n) is 9.39. The molecule has 0 radical (unpaired) electrons. The average molecular weight is 544 g/mol. The Bertz CT molecular complexity index is 1500. The Morgan fingerprint density at radius 2 is 1.10 bits per heavy atom. The Labute approximate surface area is 236 Å². The summed E-state index contributed by atoms with van der Waals surface area (Å²) in [4.78, 5) is 26.9. The molecule has 2 atom stereocenters. The van der Waals surface area contributed by atoms with Crippen molar-refractivity contribution in [2.45, 2.75) is 19.1 Å². The van der Waals surface area contributed by atoms with Crippen LogP contribution in [-0.4, -0.2) is 17.9 Å². The standard InChI is InChI=1S/C35H30NO3P/c1-26(33(27-16-6-2-7-17-27)39-35(38)28-18-8-3-9-19-28)36-34(37)31-24-14-15-25-32(31)40(29-20-10-4-11-21-29)30-22-12-5-13-23-30/h2-26,33H,1H3,(H,36,37)/t26-,33-/m0/s1. The first kappa shape index (κ1) is 27.1. The fourth-order valence-corrected chi connectivity index (χ4v) is 7.11. The van der Waals surface area contributed by atoms with Crippen LogP contribution in [0.25, 0.3) is 0 Å². The molecule has 4 nitrogen and oxygen atoms in total. The number of amides is 1. The lowest BCUT2D eigenvalue weighted by Gasteiger charge is -2.27. The van der Waals surface area contributed by atoms with E-state index in [1.807, 2.05) is 104 Å². The Morgan fingerprint density at radius 1 is 0.625 bits per heavy atom. The van der Waals surface area contributed by atoms with Gasteiger partial charge in [-0.05, 0) is 54.5 Å². The average Bonchev–Trinajstić information content (AvgIpc) is 3.02. The molecule has 1 amide bonds. The van der Waals surface area contributed by atoms with Crippen LogP contribution in [0, 0.1) is 0 Å². The van der Waals surface area contributed by atoms with Crippen molar-refractivity contribution in [3.8, 4) is 0 Å². The van der Waals surface area contributed by atoms with E-state index in [0.29, 0.717) is 11.1 Å². The molecule has 198 valence electrons. The van der Waals surface area contributed by atoms with Gasteiger partial charge in [0.05, 0.1) is 11.6 Å². The molecule has 0 fully saturated rings. The van der Waals surface area contributed by atoms with Crippen molar-refractivity contribution < 1.29 is 14.3 Å². The third-order valence-electron chi connectivity index (χ3n) is 6.60. The number of nitrogens with one attached hydrogen (secondary N) is 1. The molecule has 0 unspecified atom stereocenters. The first-order valence-electron chi connectivity index (χ1n) is 13.2. The summed E-state index contributed by atoms with van der Waals surface area (Å²) in [6.07, 6.45) is -0.672. The highest BCUT2D eigenvalue weighted by atomic mass is 31.1. The zero-order chi connectivity index (χ0) is 27.7. The summed E-state index contributed by atoms with van der Waals surface area (Å²) >= 11 is 0. The second-order valence-corrected chi connectivity index (χ2v) is 11.6. The largest absolute Gasteiger partial charge is 0.452 e. The molecule has 0 saturated heterocycles. The van der Waals surface area contributed by atoms with Gasteiger partial charge in [-0.2, -0.15) is 0 Å². The van der Waals surface area contributed by atoms with Gasteiger partial charge in [0.2, 0.25) is 0 Å². The zero-order valence-electron chi connectivity index (χ0n) is 22.2. The maximum absolute atomic E-state index is 13.9. The molecule has 0 heterocycles. The number of carbonyl (C=O) groups is 2. The van der Waals surface area contributed by atoms with E-state index in [1.54, 1.807) is 24.3 Å². The molecular formula is C35H30NO3P. The molecule has 5 heteroatoms. The molecule has 0 bridgehead atoms. The lowest BCUT2D eigenvalue weighted by atomic mass is 10.0. The van der Waals surface area contributed by atoms with E-state index in [2.05, 4.69) is 29.6 Å². The van der Waals surface area contributed by atoms with Crippen LogP contribution in [0.15, 0.2) is 146 Å². The predicted octanol–water partition coefficient (Wildman–Crippen LogP) is 6.16. The molecule has 0 aliphatic heterocycles. The van der Waals surface area contributed by atoms with Crippen molar-refractivity contribution in [3.05, 3.63) is 162 Å². The number of rotatable bonds is 9. The first-order chi connectivity index (χ1) is 19.6. The van der Waals surface area contributed by atoms with Gasteiger partial charge in [-0.3, -0.25) is 4.79 Å². The van der Waals surface area contributed by atoms with Gasteiger partial charge in [-0.15, -0.1) is 0 Å². The minimum atomic E-state index is -0.974. The van der Waals surface area contributed by atoms with Gasteiger partial charge >= 0.3 is 5.97 Å². The summed E-state index contributed by atoms with van der Waals surface area (Å²) in [5.41, 5.74) is 1.88. The van der Waals surface area contributed by atoms with E-state index >= 15 is 0 Å². The first-order valence-corrected chi connectivity index (χ1v) is 14.6. The van der Waals surface area contributed by atoms with Crippen molar-refractivity contribution >= 4 is 35.7 Å². The number of carbonyl (C=O) groups excluding carboxylic acids is 2. The highest BCUT2D eigenvalue weighted by Crippen LogP contribution is 2.34. The maximum atomic E-state index is 13.9. The van der Waals surface area contributed by atoms with Crippen LogP contribution < -0.4 is 21.2 Å². The number of hydrogen-bond acceptors (Lipinski definition) is 3. The van der Waals surface area contributed by atoms with Gasteiger partial charge in [0.15, 0.2) is 0 Å². The van der Waals surface area contributed by atoms with Crippen LogP contribution in [0.2, 0.25) is 0 Å². The monoisotopic (exact) mass is 543 g/mol. The smallest absolute Gasteiger partial charge is 0.338 e. The Kier molecular flexibility index (Phi) is 8.80. The highest BCUT2D eigenvalue weighted by Gasteiger charge is 2.28. The number of esters is 1. The minimum absolute atomic E-state index is 0.209. The van der Waals surface area contributed by atoms with Crippen LogP contribution in [0.1, 0.15) is 39.3 Å². The topological polar surface area (TPSA) is 55.4 Å². The van der Waals surface area contributed by atoms with Crippen molar-refractivity contribution in [1.29, 1.82) is 0 Å². The molecule has 0 saturated carbocycles. The lowest BCUT2D eigenvalue weighted by molar-refractivity contribution is 0.0208. The van der Waals surface area contributed by atoms with Gasteiger partial charge in [-0.25, -0.2) is 4.79 Å². The van der Waals surface area contributed by atoms with Crippen LogP contribution in [0.5, 0.6) is 0 Å². The zero-order valence-corrected chi connectivity index (χ0v) is 23.1. The van der Waals surface area contributed by atoms with Crippen molar-refractivity contribution in [2.75, 3.05) is 0 Å². The maximum Gasteiger partial charge on any atom is 0.338 e. The molecule has 5 rings (SSSR count). The summed E-state index contributed by atoms with van der Waals surface area (Å²) in [6, 6.07) is 46.3. The molecule has 5 aromatic carbocycles. The number of hydrogen-bond donors (Lipinski definition) is 1. The molecule has 0 spiro atoms. The van der Waals surface area contributed by atoms with E-state index in [1.165, 1.54) is 0 Å². The quantitative estimate of drug-likeness (QED) is 0.179. The van der Waals surface area contributed by atoms with Gasteiger partial charge in [0, 0.05) is 5.56 Å². The lowest BCUT2D eigenvalue weighted by Crippen LogP contribution is -2.40. The summed E-state index contributed by atoms with van der Waals surface area (Å²) < 4.78 is 5.99. The predicted molar refractivity (Wildman–Crippen MR) is 163 cm³/mol. The summed E-state index contributed by atoms with van der Waals surface area (Å²) in [5.74, 6) is -0.646. The second kappa shape index (κ2) is 13.0. The Morgan fingerprint density at radius 3 is 1.68 bits per heavy atom.